The molecule has 0 spiro atoms. The van der Waals surface area contributed by atoms with E-state index in [1.165, 1.54) is 16.7 Å². The Balaban J connectivity index is 2.24. The molecule has 112 valence electrons. The predicted molar refractivity (Wildman–Crippen MR) is 90.1 cm³/mol. The summed E-state index contributed by atoms with van der Waals surface area (Å²) in [7, 11) is 0. The van der Waals surface area contributed by atoms with E-state index >= 15 is 0 Å². The highest BCUT2D eigenvalue weighted by molar-refractivity contribution is 6.30. The molecule has 21 heavy (non-hydrogen) atoms. The molecule has 0 saturated carbocycles. The molecule has 0 bridgehead atoms. The van der Waals surface area contributed by atoms with Gasteiger partial charge in [-0.3, -0.25) is 0 Å². The molecule has 0 aliphatic rings. The molecular weight excluding hydrogens is 282 g/mol. The van der Waals surface area contributed by atoms with E-state index in [9.17, 15) is 0 Å². The van der Waals surface area contributed by atoms with Gasteiger partial charge < -0.3 is 10.1 Å². The van der Waals surface area contributed by atoms with Crippen LogP contribution in [0.3, 0.4) is 0 Å². The lowest BCUT2D eigenvalue weighted by molar-refractivity contribution is 0.340. The van der Waals surface area contributed by atoms with Crippen LogP contribution in [0.15, 0.2) is 42.5 Å². The number of halogens is 1. The quantitative estimate of drug-likeness (QED) is 0.734. The van der Waals surface area contributed by atoms with Gasteiger partial charge in [0, 0.05) is 11.6 Å². The fourth-order valence-electron chi connectivity index (χ4n) is 2.29. The average Bonchev–Trinajstić information content (AvgIpc) is 2.49. The third kappa shape index (κ3) is 4.48. The van der Waals surface area contributed by atoms with Gasteiger partial charge in [0.25, 0.3) is 0 Å². The Hall–Kier alpha value is -1.51. The monoisotopic (exact) mass is 303 g/mol. The lowest BCUT2D eigenvalue weighted by Crippen LogP contribution is -2.14. The van der Waals surface area contributed by atoms with E-state index < -0.39 is 0 Å². The summed E-state index contributed by atoms with van der Waals surface area (Å²) >= 11 is 6.14. The smallest absolute Gasteiger partial charge is 0.119 e. The van der Waals surface area contributed by atoms with Gasteiger partial charge in [-0.2, -0.15) is 0 Å². The highest BCUT2D eigenvalue weighted by Gasteiger charge is 2.06. The predicted octanol–water partition coefficient (Wildman–Crippen LogP) is 4.91. The summed E-state index contributed by atoms with van der Waals surface area (Å²) in [6, 6.07) is 14.3. The summed E-state index contributed by atoms with van der Waals surface area (Å²) in [5.41, 5.74) is 3.62. The molecule has 2 nitrogen and oxygen atoms in total. The maximum atomic E-state index is 6.14. The van der Waals surface area contributed by atoms with E-state index in [4.69, 9.17) is 16.3 Å². The molecule has 2 aromatic carbocycles. The minimum Gasteiger partial charge on any atom is -0.494 e. The Morgan fingerprint density at radius 1 is 1.05 bits per heavy atom. The van der Waals surface area contributed by atoms with Crippen LogP contribution in [0.1, 0.15) is 25.8 Å². The second-order valence-corrected chi connectivity index (χ2v) is 5.37. The lowest BCUT2D eigenvalue weighted by Gasteiger charge is -2.12. The second kappa shape index (κ2) is 8.06. The minimum absolute atomic E-state index is 0.687. The SMILES string of the molecule is CCCNCc1cc(Cl)ccc1-c1ccc(OCC)cc1. The highest BCUT2D eigenvalue weighted by Crippen LogP contribution is 2.28. The van der Waals surface area contributed by atoms with Gasteiger partial charge >= 0.3 is 0 Å². The van der Waals surface area contributed by atoms with Crippen molar-refractivity contribution in [3.63, 3.8) is 0 Å². The fourth-order valence-corrected chi connectivity index (χ4v) is 2.48. The van der Waals surface area contributed by atoms with Crippen molar-refractivity contribution in [3.8, 4) is 16.9 Å². The number of hydrogen-bond donors (Lipinski definition) is 1. The normalized spacial score (nSPS) is 10.6. The number of ether oxygens (including phenoxy) is 1. The molecular formula is C18H22ClNO. The van der Waals surface area contributed by atoms with Gasteiger partial charge in [-0.05, 0) is 60.8 Å². The van der Waals surface area contributed by atoms with E-state index in [0.29, 0.717) is 6.61 Å². The molecule has 0 amide bonds. The molecule has 1 N–H and O–H groups in total. The lowest BCUT2D eigenvalue weighted by atomic mass is 9.99. The van der Waals surface area contributed by atoms with Crippen molar-refractivity contribution in [1.82, 2.24) is 5.32 Å². The third-order valence-electron chi connectivity index (χ3n) is 3.29. The van der Waals surface area contributed by atoms with Gasteiger partial charge in [0.15, 0.2) is 0 Å². The van der Waals surface area contributed by atoms with Crippen molar-refractivity contribution in [2.75, 3.05) is 13.2 Å². The van der Waals surface area contributed by atoms with E-state index in [0.717, 1.165) is 30.3 Å². The number of nitrogens with one attached hydrogen (secondary N) is 1. The first-order valence-corrected chi connectivity index (χ1v) is 7.84. The van der Waals surface area contributed by atoms with Crippen molar-refractivity contribution >= 4 is 11.6 Å². The van der Waals surface area contributed by atoms with Crippen molar-refractivity contribution < 1.29 is 4.74 Å². The first-order valence-electron chi connectivity index (χ1n) is 7.47. The maximum Gasteiger partial charge on any atom is 0.119 e. The van der Waals surface area contributed by atoms with Crippen LogP contribution in [0.25, 0.3) is 11.1 Å². The zero-order valence-electron chi connectivity index (χ0n) is 12.7. The van der Waals surface area contributed by atoms with Gasteiger partial charge in [0.1, 0.15) is 5.75 Å². The summed E-state index contributed by atoms with van der Waals surface area (Å²) in [4.78, 5) is 0. The molecule has 0 heterocycles. The van der Waals surface area contributed by atoms with Crippen molar-refractivity contribution in [3.05, 3.63) is 53.1 Å². The van der Waals surface area contributed by atoms with Gasteiger partial charge in [0.2, 0.25) is 0 Å². The summed E-state index contributed by atoms with van der Waals surface area (Å²) in [6.07, 6.45) is 1.12. The van der Waals surface area contributed by atoms with Crippen molar-refractivity contribution in [2.24, 2.45) is 0 Å². The zero-order valence-corrected chi connectivity index (χ0v) is 13.4. The number of hydrogen-bond acceptors (Lipinski definition) is 2. The summed E-state index contributed by atoms with van der Waals surface area (Å²) in [5, 5.41) is 4.21. The third-order valence-corrected chi connectivity index (χ3v) is 3.52. The Bertz CT molecular complexity index is 566. The minimum atomic E-state index is 0.687. The molecule has 0 fully saturated rings. The van der Waals surface area contributed by atoms with Gasteiger partial charge in [-0.15, -0.1) is 0 Å². The number of benzene rings is 2. The summed E-state index contributed by atoms with van der Waals surface area (Å²) in [6.45, 7) is 6.68. The van der Waals surface area contributed by atoms with E-state index in [2.05, 4.69) is 30.4 Å². The molecule has 0 atom stereocenters. The maximum absolute atomic E-state index is 6.14. The topological polar surface area (TPSA) is 21.3 Å². The van der Waals surface area contributed by atoms with Gasteiger partial charge in [-0.25, -0.2) is 0 Å². The van der Waals surface area contributed by atoms with Crippen LogP contribution in [0, 0.1) is 0 Å². The molecule has 0 aliphatic carbocycles. The fraction of sp³-hybridized carbons (Fsp3) is 0.333. The number of rotatable bonds is 7. The zero-order chi connectivity index (χ0) is 15.1. The molecule has 2 rings (SSSR count). The van der Waals surface area contributed by atoms with Crippen LogP contribution in [0.4, 0.5) is 0 Å². The van der Waals surface area contributed by atoms with E-state index in [-0.39, 0.29) is 0 Å². The molecule has 0 aliphatic heterocycles. The molecule has 0 radical (unpaired) electrons. The van der Waals surface area contributed by atoms with Crippen LogP contribution in [0.2, 0.25) is 5.02 Å². The Labute approximate surface area is 132 Å². The second-order valence-electron chi connectivity index (χ2n) is 4.94. The van der Waals surface area contributed by atoms with Crippen molar-refractivity contribution in [1.29, 1.82) is 0 Å². The highest BCUT2D eigenvalue weighted by atomic mass is 35.5. The molecule has 0 unspecified atom stereocenters. The largest absolute Gasteiger partial charge is 0.494 e. The molecule has 0 aromatic heterocycles. The Kier molecular flexibility index (Phi) is 6.09. The average molecular weight is 304 g/mol. The van der Waals surface area contributed by atoms with E-state index in [1.807, 2.05) is 31.2 Å². The van der Waals surface area contributed by atoms with E-state index in [1.54, 1.807) is 0 Å². The van der Waals surface area contributed by atoms with Crippen molar-refractivity contribution in [2.45, 2.75) is 26.8 Å². The standard InChI is InChI=1S/C18H22ClNO/c1-3-11-20-13-15-12-16(19)7-10-18(15)14-5-8-17(9-6-14)21-4-2/h5-10,12,20H,3-4,11,13H2,1-2H3. The van der Waals surface area contributed by atoms with Crippen LogP contribution in [0.5, 0.6) is 5.75 Å². The Morgan fingerprint density at radius 3 is 2.48 bits per heavy atom. The summed E-state index contributed by atoms with van der Waals surface area (Å²) in [5.74, 6) is 0.904. The van der Waals surface area contributed by atoms with Crippen LogP contribution in [-0.4, -0.2) is 13.2 Å². The van der Waals surface area contributed by atoms with Gasteiger partial charge in [0.05, 0.1) is 6.61 Å². The van der Waals surface area contributed by atoms with Gasteiger partial charge in [-0.1, -0.05) is 36.7 Å². The van der Waals surface area contributed by atoms with Crippen LogP contribution in [-0.2, 0) is 6.54 Å². The van der Waals surface area contributed by atoms with Crippen LogP contribution >= 0.6 is 11.6 Å². The molecule has 2 aromatic rings. The molecule has 0 saturated heterocycles. The molecule has 3 heteroatoms. The van der Waals surface area contributed by atoms with Crippen LogP contribution < -0.4 is 10.1 Å². The summed E-state index contributed by atoms with van der Waals surface area (Å²) < 4.78 is 5.49. The first-order chi connectivity index (χ1) is 10.2. The Morgan fingerprint density at radius 2 is 1.81 bits per heavy atom. The first kappa shape index (κ1) is 15.9.